The molecule has 1 aliphatic heterocycles. The zero-order valence-electron chi connectivity index (χ0n) is 11.7. The first kappa shape index (κ1) is 14.4. The highest BCUT2D eigenvalue weighted by atomic mass is 32.1. The number of fused-ring (bicyclic) bond motifs is 1. The fraction of sp³-hybridized carbons (Fsp3) is 0.467. The molecule has 0 saturated carbocycles. The maximum atomic E-state index is 12.5. The van der Waals surface area contributed by atoms with E-state index in [4.69, 9.17) is 9.84 Å². The van der Waals surface area contributed by atoms with Crippen molar-refractivity contribution in [3.63, 3.8) is 0 Å². The number of thiazole rings is 1. The van der Waals surface area contributed by atoms with Crippen molar-refractivity contribution in [3.05, 3.63) is 29.3 Å². The van der Waals surface area contributed by atoms with Crippen molar-refractivity contribution in [1.82, 2.24) is 9.88 Å². The third kappa shape index (κ3) is 3.23. The lowest BCUT2D eigenvalue weighted by Crippen LogP contribution is -2.41. The summed E-state index contributed by atoms with van der Waals surface area (Å²) in [6.07, 6.45) is 1.81. The van der Waals surface area contributed by atoms with Crippen LogP contribution in [0.15, 0.2) is 23.7 Å². The first-order chi connectivity index (χ1) is 10.3. The molecule has 1 N–H and O–H groups in total. The molecule has 2 aromatic rings. The maximum absolute atomic E-state index is 12.5. The van der Waals surface area contributed by atoms with E-state index in [0.29, 0.717) is 19.7 Å². The van der Waals surface area contributed by atoms with Gasteiger partial charge >= 0.3 is 0 Å². The second-order valence-electron chi connectivity index (χ2n) is 5.12. The van der Waals surface area contributed by atoms with Crippen molar-refractivity contribution < 1.29 is 14.6 Å². The minimum atomic E-state index is 0.0496. The largest absolute Gasteiger partial charge is 0.394 e. The number of carbonyl (C=O) groups excluding carboxylic acids is 1. The first-order valence-electron chi connectivity index (χ1n) is 7.13. The monoisotopic (exact) mass is 306 g/mol. The number of amides is 1. The fourth-order valence-electron chi connectivity index (χ4n) is 2.62. The van der Waals surface area contributed by atoms with Gasteiger partial charge in [-0.1, -0.05) is 0 Å². The molecule has 0 unspecified atom stereocenters. The highest BCUT2D eigenvalue weighted by Gasteiger charge is 2.24. The molecule has 1 aromatic carbocycles. The number of benzene rings is 1. The Kier molecular flexibility index (Phi) is 4.48. The van der Waals surface area contributed by atoms with Crippen LogP contribution in [-0.2, 0) is 4.74 Å². The van der Waals surface area contributed by atoms with E-state index in [1.54, 1.807) is 16.8 Å². The molecule has 5 nitrogen and oxygen atoms in total. The molecule has 2 heterocycles. The number of hydrogen-bond donors (Lipinski definition) is 1. The van der Waals surface area contributed by atoms with Crippen LogP contribution in [0.2, 0.25) is 0 Å². The molecule has 0 radical (unpaired) electrons. The number of aromatic nitrogens is 1. The summed E-state index contributed by atoms with van der Waals surface area (Å²) in [7, 11) is 0. The fourth-order valence-corrected chi connectivity index (χ4v) is 3.33. The van der Waals surface area contributed by atoms with Crippen molar-refractivity contribution in [2.45, 2.75) is 18.9 Å². The van der Waals surface area contributed by atoms with Crippen LogP contribution >= 0.6 is 11.3 Å². The number of aliphatic hydroxyl groups excluding tert-OH is 1. The number of piperidine rings is 1. The van der Waals surface area contributed by atoms with Crippen molar-refractivity contribution in [2.24, 2.45) is 0 Å². The van der Waals surface area contributed by atoms with Crippen molar-refractivity contribution in [3.8, 4) is 0 Å². The molecule has 1 aliphatic rings. The summed E-state index contributed by atoms with van der Waals surface area (Å²) in [6.45, 7) is 1.83. The van der Waals surface area contributed by atoms with Crippen LogP contribution in [0.5, 0.6) is 0 Å². The predicted octanol–water partition coefficient (Wildman–Crippen LogP) is 1.91. The second kappa shape index (κ2) is 6.51. The first-order valence-corrected chi connectivity index (χ1v) is 8.01. The van der Waals surface area contributed by atoms with Gasteiger partial charge in [0.25, 0.3) is 5.91 Å². The van der Waals surface area contributed by atoms with Crippen molar-refractivity contribution in [2.75, 3.05) is 26.3 Å². The molecule has 1 amide bonds. The summed E-state index contributed by atoms with van der Waals surface area (Å²) in [6, 6.07) is 5.67. The number of likely N-dealkylation sites (tertiary alicyclic amines) is 1. The van der Waals surface area contributed by atoms with Crippen LogP contribution in [0.25, 0.3) is 10.2 Å². The lowest BCUT2D eigenvalue weighted by atomic mass is 10.1. The number of nitrogens with zero attached hydrogens (tertiary/aromatic N) is 2. The normalized spacial score (nSPS) is 16.5. The molecule has 1 saturated heterocycles. The summed E-state index contributed by atoms with van der Waals surface area (Å²) in [5.41, 5.74) is 3.46. The Balaban J connectivity index is 1.63. The van der Waals surface area contributed by atoms with E-state index < -0.39 is 0 Å². The summed E-state index contributed by atoms with van der Waals surface area (Å²) < 4.78 is 6.56. The maximum Gasteiger partial charge on any atom is 0.253 e. The van der Waals surface area contributed by atoms with E-state index in [2.05, 4.69) is 4.98 Å². The van der Waals surface area contributed by atoms with E-state index in [-0.39, 0.29) is 18.6 Å². The molecule has 6 heteroatoms. The SMILES string of the molecule is O=C(c1ccc2ncsc2c1)N1CCC(OCCO)CC1. The van der Waals surface area contributed by atoms with E-state index in [1.165, 1.54) is 0 Å². The highest BCUT2D eigenvalue weighted by Crippen LogP contribution is 2.21. The summed E-state index contributed by atoms with van der Waals surface area (Å²) in [5, 5.41) is 8.76. The summed E-state index contributed by atoms with van der Waals surface area (Å²) in [4.78, 5) is 18.6. The molecule has 0 spiro atoms. The Bertz CT molecular complexity index is 620. The zero-order chi connectivity index (χ0) is 14.7. The lowest BCUT2D eigenvalue weighted by Gasteiger charge is -2.32. The van der Waals surface area contributed by atoms with E-state index in [0.717, 1.165) is 28.6 Å². The number of rotatable bonds is 4. The third-order valence-electron chi connectivity index (χ3n) is 3.75. The Labute approximate surface area is 127 Å². The molecule has 0 aliphatic carbocycles. The molecule has 1 aromatic heterocycles. The highest BCUT2D eigenvalue weighted by molar-refractivity contribution is 7.16. The number of ether oxygens (including phenoxy) is 1. The predicted molar refractivity (Wildman–Crippen MR) is 81.6 cm³/mol. The molecular formula is C15H18N2O3S. The van der Waals surface area contributed by atoms with Crippen LogP contribution in [0, 0.1) is 0 Å². The lowest BCUT2D eigenvalue weighted by molar-refractivity contribution is -0.00553. The van der Waals surface area contributed by atoms with E-state index >= 15 is 0 Å². The van der Waals surface area contributed by atoms with Crippen LogP contribution in [0.4, 0.5) is 0 Å². The van der Waals surface area contributed by atoms with Crippen molar-refractivity contribution >= 4 is 27.5 Å². The van der Waals surface area contributed by atoms with Gasteiger partial charge in [-0.15, -0.1) is 11.3 Å². The Morgan fingerprint density at radius 1 is 1.43 bits per heavy atom. The van der Waals surface area contributed by atoms with Gasteiger partial charge in [0, 0.05) is 18.7 Å². The molecule has 3 rings (SSSR count). The Morgan fingerprint density at radius 2 is 2.24 bits per heavy atom. The molecule has 21 heavy (non-hydrogen) atoms. The standard InChI is InChI=1S/C15H18N2O3S/c18-7-8-20-12-3-5-17(6-4-12)15(19)11-1-2-13-14(9-11)21-10-16-13/h1-2,9-10,12,18H,3-8H2. The van der Waals surface area contributed by atoms with Gasteiger partial charge in [-0.25, -0.2) is 4.98 Å². The van der Waals surface area contributed by atoms with Crippen LogP contribution in [0.1, 0.15) is 23.2 Å². The minimum absolute atomic E-state index is 0.0496. The third-order valence-corrected chi connectivity index (χ3v) is 4.54. The molecule has 1 fully saturated rings. The van der Waals surface area contributed by atoms with Crippen LogP contribution in [0.3, 0.4) is 0 Å². The van der Waals surface area contributed by atoms with Crippen LogP contribution in [-0.4, -0.2) is 53.3 Å². The molecular weight excluding hydrogens is 288 g/mol. The number of hydrogen-bond acceptors (Lipinski definition) is 5. The van der Waals surface area contributed by atoms with Gasteiger partial charge in [0.1, 0.15) is 0 Å². The van der Waals surface area contributed by atoms with Gasteiger partial charge in [0.05, 0.1) is 35.0 Å². The number of aliphatic hydroxyl groups is 1. The van der Waals surface area contributed by atoms with Gasteiger partial charge in [-0.3, -0.25) is 4.79 Å². The molecule has 112 valence electrons. The Morgan fingerprint density at radius 3 is 3.00 bits per heavy atom. The second-order valence-corrected chi connectivity index (χ2v) is 6.01. The minimum Gasteiger partial charge on any atom is -0.394 e. The average Bonchev–Trinajstić information content (AvgIpc) is 3.00. The van der Waals surface area contributed by atoms with Gasteiger partial charge in [0.2, 0.25) is 0 Å². The average molecular weight is 306 g/mol. The van der Waals surface area contributed by atoms with Gasteiger partial charge < -0.3 is 14.7 Å². The van der Waals surface area contributed by atoms with E-state index in [9.17, 15) is 4.79 Å². The smallest absolute Gasteiger partial charge is 0.253 e. The van der Waals surface area contributed by atoms with Gasteiger partial charge in [-0.05, 0) is 31.0 Å². The number of carbonyl (C=O) groups is 1. The quantitative estimate of drug-likeness (QED) is 0.937. The molecule has 0 bridgehead atoms. The summed E-state index contributed by atoms with van der Waals surface area (Å²) in [5.74, 6) is 0.0749. The topological polar surface area (TPSA) is 62.7 Å². The zero-order valence-corrected chi connectivity index (χ0v) is 12.5. The van der Waals surface area contributed by atoms with Gasteiger partial charge in [-0.2, -0.15) is 0 Å². The molecule has 0 atom stereocenters. The van der Waals surface area contributed by atoms with Crippen LogP contribution < -0.4 is 0 Å². The van der Waals surface area contributed by atoms with Crippen molar-refractivity contribution in [1.29, 1.82) is 0 Å². The Hall–Kier alpha value is -1.50. The summed E-state index contributed by atoms with van der Waals surface area (Å²) >= 11 is 1.55. The van der Waals surface area contributed by atoms with Gasteiger partial charge in [0.15, 0.2) is 0 Å². The van der Waals surface area contributed by atoms with E-state index in [1.807, 2.05) is 23.1 Å².